The van der Waals surface area contributed by atoms with Crippen LogP contribution in [0.25, 0.3) is 0 Å². The lowest BCUT2D eigenvalue weighted by Gasteiger charge is -2.08. The maximum Gasteiger partial charge on any atom is 0.265 e. The first-order chi connectivity index (χ1) is 10.0. The van der Waals surface area contributed by atoms with Gasteiger partial charge in [0.2, 0.25) is 0 Å². The number of benzene rings is 1. The van der Waals surface area contributed by atoms with E-state index in [0.29, 0.717) is 11.4 Å². The molecule has 0 fully saturated rings. The van der Waals surface area contributed by atoms with E-state index in [2.05, 4.69) is 27.2 Å². The minimum atomic E-state index is -3.59. The average molecular weight is 308 g/mol. The van der Waals surface area contributed by atoms with Gasteiger partial charge in [-0.15, -0.1) is 0 Å². The number of rotatable bonds is 7. The minimum Gasteiger partial charge on any atom is -0.313 e. The van der Waals surface area contributed by atoms with Crippen LogP contribution in [0.3, 0.4) is 0 Å². The molecule has 1 aromatic heterocycles. The van der Waals surface area contributed by atoms with Crippen molar-refractivity contribution in [2.24, 2.45) is 0 Å². The smallest absolute Gasteiger partial charge is 0.265 e. The lowest BCUT2D eigenvalue weighted by molar-refractivity contribution is 0.600. The molecule has 0 saturated carbocycles. The molecule has 6 nitrogen and oxygen atoms in total. The lowest BCUT2D eigenvalue weighted by Crippen LogP contribution is -2.15. The van der Waals surface area contributed by atoms with Gasteiger partial charge in [-0.2, -0.15) is 5.10 Å². The normalized spacial score (nSPS) is 11.5. The van der Waals surface area contributed by atoms with Gasteiger partial charge in [-0.1, -0.05) is 19.1 Å². The number of aromatic nitrogens is 2. The highest BCUT2D eigenvalue weighted by molar-refractivity contribution is 7.92. The summed E-state index contributed by atoms with van der Waals surface area (Å²) in [7, 11) is -3.59. The number of nitrogens with zero attached hydrogens (tertiary/aromatic N) is 1. The van der Waals surface area contributed by atoms with Gasteiger partial charge in [0, 0.05) is 12.2 Å². The largest absolute Gasteiger partial charge is 0.313 e. The summed E-state index contributed by atoms with van der Waals surface area (Å²) in [5.74, 6) is 0. The minimum absolute atomic E-state index is 0.163. The zero-order valence-electron chi connectivity index (χ0n) is 12.2. The molecule has 0 bridgehead atoms. The molecular weight excluding hydrogens is 288 g/mol. The lowest BCUT2D eigenvalue weighted by atomic mass is 10.2. The molecule has 0 aliphatic heterocycles. The van der Waals surface area contributed by atoms with E-state index in [4.69, 9.17) is 0 Å². The molecule has 0 aliphatic rings. The van der Waals surface area contributed by atoms with Crippen molar-refractivity contribution in [1.82, 2.24) is 15.5 Å². The third-order valence-electron chi connectivity index (χ3n) is 3.04. The topological polar surface area (TPSA) is 86.9 Å². The van der Waals surface area contributed by atoms with Crippen LogP contribution in [0.2, 0.25) is 0 Å². The maximum atomic E-state index is 12.2. The Morgan fingerprint density at radius 3 is 2.52 bits per heavy atom. The molecule has 21 heavy (non-hydrogen) atoms. The monoisotopic (exact) mass is 308 g/mol. The summed E-state index contributed by atoms with van der Waals surface area (Å²) in [6, 6.07) is 7.33. The summed E-state index contributed by atoms with van der Waals surface area (Å²) in [6.45, 7) is 5.53. The van der Waals surface area contributed by atoms with Crippen LogP contribution in [0.5, 0.6) is 0 Å². The van der Waals surface area contributed by atoms with Crippen LogP contribution in [0.15, 0.2) is 35.4 Å². The van der Waals surface area contributed by atoms with Crippen molar-refractivity contribution < 1.29 is 8.42 Å². The van der Waals surface area contributed by atoms with Gasteiger partial charge in [0.05, 0.1) is 11.9 Å². The number of H-pyrrole nitrogens is 1. The van der Waals surface area contributed by atoms with Crippen molar-refractivity contribution in [2.45, 2.75) is 31.7 Å². The van der Waals surface area contributed by atoms with Gasteiger partial charge in [0.25, 0.3) is 10.0 Å². The predicted octanol–water partition coefficient (Wildman–Crippen LogP) is 2.02. The Morgan fingerprint density at radius 1 is 1.24 bits per heavy atom. The van der Waals surface area contributed by atoms with E-state index in [-0.39, 0.29) is 4.90 Å². The van der Waals surface area contributed by atoms with E-state index in [9.17, 15) is 8.42 Å². The van der Waals surface area contributed by atoms with Crippen LogP contribution >= 0.6 is 0 Å². The molecule has 0 unspecified atom stereocenters. The van der Waals surface area contributed by atoms with Crippen molar-refractivity contribution >= 4 is 15.7 Å². The zero-order valence-corrected chi connectivity index (χ0v) is 13.0. The highest BCUT2D eigenvalue weighted by atomic mass is 32.2. The van der Waals surface area contributed by atoms with Gasteiger partial charge in [-0.05, 0) is 37.6 Å². The third kappa shape index (κ3) is 4.05. The number of aryl methyl sites for hydroxylation is 1. The number of anilines is 1. The number of sulfonamides is 1. The fourth-order valence-electron chi connectivity index (χ4n) is 1.92. The molecule has 0 aliphatic carbocycles. The predicted molar refractivity (Wildman–Crippen MR) is 82.6 cm³/mol. The molecule has 3 N–H and O–H groups in total. The van der Waals surface area contributed by atoms with Crippen LogP contribution in [0.4, 0.5) is 5.69 Å². The van der Waals surface area contributed by atoms with Crippen molar-refractivity contribution in [3.05, 3.63) is 41.7 Å². The second kappa shape index (κ2) is 6.73. The van der Waals surface area contributed by atoms with Crippen molar-refractivity contribution in [3.8, 4) is 0 Å². The van der Waals surface area contributed by atoms with Crippen molar-refractivity contribution in [3.63, 3.8) is 0 Å². The van der Waals surface area contributed by atoms with Crippen molar-refractivity contribution in [1.29, 1.82) is 0 Å². The molecule has 0 saturated heterocycles. The fourth-order valence-corrected chi connectivity index (χ4v) is 3.12. The molecule has 1 heterocycles. The molecule has 2 rings (SSSR count). The molecule has 114 valence electrons. The van der Waals surface area contributed by atoms with Crippen LogP contribution in [-0.2, 0) is 16.6 Å². The quantitative estimate of drug-likeness (QED) is 0.683. The van der Waals surface area contributed by atoms with Crippen molar-refractivity contribution in [2.75, 3.05) is 11.3 Å². The highest BCUT2D eigenvalue weighted by Gasteiger charge is 2.18. The van der Waals surface area contributed by atoms with Gasteiger partial charge in [-0.25, -0.2) is 8.42 Å². The molecule has 0 atom stereocenters. The van der Waals surface area contributed by atoms with Crippen LogP contribution in [0, 0.1) is 6.92 Å². The molecule has 2 aromatic rings. The standard InChI is InChI=1S/C14H20N4O2S/c1-3-8-15-9-12-4-6-13(7-5-12)18-21(19,20)14-10-16-17-11(14)2/h4-7,10,15,18H,3,8-9H2,1-2H3,(H,16,17). The van der Waals surface area contributed by atoms with Gasteiger partial charge >= 0.3 is 0 Å². The number of hydrogen-bond acceptors (Lipinski definition) is 4. The van der Waals surface area contributed by atoms with Gasteiger partial charge in [-0.3, -0.25) is 9.82 Å². The van der Waals surface area contributed by atoms with E-state index >= 15 is 0 Å². The second-order valence-electron chi connectivity index (χ2n) is 4.84. The van der Waals surface area contributed by atoms with E-state index < -0.39 is 10.0 Å². The summed E-state index contributed by atoms with van der Waals surface area (Å²) in [5.41, 5.74) is 2.17. The highest BCUT2D eigenvalue weighted by Crippen LogP contribution is 2.17. The molecule has 0 radical (unpaired) electrons. The molecule has 0 amide bonds. The average Bonchev–Trinajstić information content (AvgIpc) is 2.88. The maximum absolute atomic E-state index is 12.2. The SMILES string of the molecule is CCCNCc1ccc(NS(=O)(=O)c2cn[nH]c2C)cc1. The molecule has 1 aromatic carbocycles. The summed E-state index contributed by atoms with van der Waals surface area (Å²) >= 11 is 0. The van der Waals surface area contributed by atoms with Gasteiger partial charge in [0.1, 0.15) is 4.90 Å². The Morgan fingerprint density at radius 2 is 1.95 bits per heavy atom. The zero-order chi connectivity index (χ0) is 15.3. The van der Waals surface area contributed by atoms with Crippen LogP contribution in [-0.4, -0.2) is 25.2 Å². The second-order valence-corrected chi connectivity index (χ2v) is 6.49. The summed E-state index contributed by atoms with van der Waals surface area (Å²) in [4.78, 5) is 0.163. The molecule has 7 heteroatoms. The summed E-state index contributed by atoms with van der Waals surface area (Å²) in [5, 5.41) is 9.65. The third-order valence-corrected chi connectivity index (χ3v) is 4.53. The molecular formula is C14H20N4O2S. The summed E-state index contributed by atoms with van der Waals surface area (Å²) in [6.07, 6.45) is 2.39. The number of nitrogens with one attached hydrogen (secondary N) is 3. The summed E-state index contributed by atoms with van der Waals surface area (Å²) < 4.78 is 26.9. The van der Waals surface area contributed by atoms with E-state index in [0.717, 1.165) is 25.1 Å². The Bertz CT molecular complexity index is 677. The first-order valence-electron chi connectivity index (χ1n) is 6.85. The van der Waals surface area contributed by atoms with E-state index in [1.165, 1.54) is 6.20 Å². The van der Waals surface area contributed by atoms with Crippen LogP contribution in [0.1, 0.15) is 24.6 Å². The van der Waals surface area contributed by atoms with E-state index in [1.54, 1.807) is 19.1 Å². The number of hydrogen-bond donors (Lipinski definition) is 3. The van der Waals surface area contributed by atoms with Gasteiger partial charge in [0.15, 0.2) is 0 Å². The Hall–Kier alpha value is -1.86. The Kier molecular flexibility index (Phi) is 4.98. The number of aromatic amines is 1. The van der Waals surface area contributed by atoms with Gasteiger partial charge < -0.3 is 5.32 Å². The first kappa shape index (κ1) is 15.5. The Balaban J connectivity index is 2.05. The first-order valence-corrected chi connectivity index (χ1v) is 8.33. The van der Waals surface area contributed by atoms with Crippen LogP contribution < -0.4 is 10.0 Å². The molecule has 0 spiro atoms. The van der Waals surface area contributed by atoms with E-state index in [1.807, 2.05) is 12.1 Å². The Labute approximate surface area is 125 Å². The fraction of sp³-hybridized carbons (Fsp3) is 0.357.